The molecule has 0 N–H and O–H groups in total. The quantitative estimate of drug-likeness (QED) is 0.171. The zero-order valence-electron chi connectivity index (χ0n) is 32.5. The van der Waals surface area contributed by atoms with Crippen LogP contribution in [0.1, 0.15) is 52.7 Å². The van der Waals surface area contributed by atoms with Crippen LogP contribution in [0.5, 0.6) is 0 Å². The third kappa shape index (κ3) is 5.99. The van der Waals surface area contributed by atoms with Crippen LogP contribution in [0.3, 0.4) is 0 Å². The van der Waals surface area contributed by atoms with Crippen LogP contribution in [0, 0.1) is 0 Å². The SMILES string of the molecule is CC(C)(C)c1ccc(C(C)(C)C)c2c1nc(-c1ccc(N(c3ccccc3)c3ccc(-n4c5ccccc5c5ccccc54)cc3)cc1)n2-c1ccccc1. The van der Waals surface area contributed by atoms with Crippen molar-refractivity contribution in [3.8, 4) is 22.8 Å². The molecule has 0 spiro atoms. The van der Waals surface area contributed by atoms with Crippen molar-refractivity contribution in [2.75, 3.05) is 4.90 Å². The minimum Gasteiger partial charge on any atom is -0.311 e. The zero-order valence-corrected chi connectivity index (χ0v) is 32.5. The van der Waals surface area contributed by atoms with Gasteiger partial charge >= 0.3 is 0 Å². The molecule has 0 bridgehead atoms. The first kappa shape index (κ1) is 34.4. The maximum absolute atomic E-state index is 5.51. The lowest BCUT2D eigenvalue weighted by molar-refractivity contribution is 0.583. The molecule has 9 rings (SSSR count). The van der Waals surface area contributed by atoms with E-state index in [2.05, 4.69) is 225 Å². The predicted molar refractivity (Wildman–Crippen MR) is 233 cm³/mol. The van der Waals surface area contributed by atoms with Crippen molar-refractivity contribution in [3.05, 3.63) is 181 Å². The van der Waals surface area contributed by atoms with Gasteiger partial charge < -0.3 is 9.47 Å². The number of anilines is 3. The Kier molecular flexibility index (Phi) is 8.24. The normalized spacial score (nSPS) is 12.2. The van der Waals surface area contributed by atoms with Crippen LogP contribution in [0.4, 0.5) is 17.1 Å². The van der Waals surface area contributed by atoms with Crippen LogP contribution in [-0.2, 0) is 10.8 Å². The van der Waals surface area contributed by atoms with Gasteiger partial charge in [0.1, 0.15) is 5.82 Å². The molecule has 0 aliphatic carbocycles. The van der Waals surface area contributed by atoms with Crippen molar-refractivity contribution >= 4 is 49.9 Å². The second-order valence-corrected chi connectivity index (χ2v) is 16.6. The minimum atomic E-state index is -0.0738. The Morgan fingerprint density at radius 1 is 0.418 bits per heavy atom. The van der Waals surface area contributed by atoms with Gasteiger partial charge in [-0.05, 0) is 107 Å². The second-order valence-electron chi connectivity index (χ2n) is 16.6. The van der Waals surface area contributed by atoms with E-state index in [0.29, 0.717) is 0 Å². The van der Waals surface area contributed by atoms with Crippen LogP contribution < -0.4 is 4.90 Å². The third-order valence-corrected chi connectivity index (χ3v) is 10.8. The molecule has 0 saturated heterocycles. The number of rotatable bonds is 6. The Morgan fingerprint density at radius 2 is 0.873 bits per heavy atom. The van der Waals surface area contributed by atoms with E-state index in [0.717, 1.165) is 45.3 Å². The maximum Gasteiger partial charge on any atom is 0.145 e. The van der Waals surface area contributed by atoms with E-state index in [-0.39, 0.29) is 10.8 Å². The summed E-state index contributed by atoms with van der Waals surface area (Å²) < 4.78 is 4.74. The smallest absolute Gasteiger partial charge is 0.145 e. The summed E-state index contributed by atoms with van der Waals surface area (Å²) in [4.78, 5) is 7.84. The van der Waals surface area contributed by atoms with E-state index in [9.17, 15) is 0 Å². The standard InChI is InChI=1S/C51H46N4/c1-50(2,3)43-33-34-44(51(4,5)6)48-47(43)52-49(55(48)37-19-11-8-12-20-37)35-25-27-38(28-26-35)53(36-17-9-7-10-18-36)39-29-31-40(32-30-39)54-45-23-15-13-21-41(45)42-22-14-16-24-46(42)54/h7-34H,1-6H3. The summed E-state index contributed by atoms with van der Waals surface area (Å²) in [6.07, 6.45) is 0. The molecule has 0 fully saturated rings. The molecular formula is C51H46N4. The van der Waals surface area contributed by atoms with E-state index in [1.807, 2.05) is 0 Å². The van der Waals surface area contributed by atoms with Gasteiger partial charge in [-0.25, -0.2) is 4.98 Å². The van der Waals surface area contributed by atoms with Crippen molar-refractivity contribution in [1.29, 1.82) is 0 Å². The predicted octanol–water partition coefficient (Wildman–Crippen LogP) is 13.9. The van der Waals surface area contributed by atoms with Crippen LogP contribution in [0.2, 0.25) is 0 Å². The summed E-state index contributed by atoms with van der Waals surface area (Å²) in [7, 11) is 0. The van der Waals surface area contributed by atoms with Crippen molar-refractivity contribution < 1.29 is 0 Å². The summed E-state index contributed by atoms with van der Waals surface area (Å²) in [6.45, 7) is 13.7. The highest BCUT2D eigenvalue weighted by Crippen LogP contribution is 2.42. The molecule has 0 aliphatic heterocycles. The number of hydrogen-bond acceptors (Lipinski definition) is 2. The molecule has 4 heteroatoms. The Morgan fingerprint density at radius 3 is 1.44 bits per heavy atom. The fraction of sp³-hybridized carbons (Fsp3) is 0.157. The van der Waals surface area contributed by atoms with E-state index < -0.39 is 0 Å². The fourth-order valence-corrected chi connectivity index (χ4v) is 8.15. The average molecular weight is 715 g/mol. The number of nitrogens with zero attached hydrogens (tertiary/aromatic N) is 4. The number of aromatic nitrogens is 3. The van der Waals surface area contributed by atoms with Gasteiger partial charge in [0.15, 0.2) is 0 Å². The van der Waals surface area contributed by atoms with E-state index in [1.54, 1.807) is 0 Å². The molecule has 55 heavy (non-hydrogen) atoms. The summed E-state index contributed by atoms with van der Waals surface area (Å²) in [5.41, 5.74) is 13.6. The van der Waals surface area contributed by atoms with Gasteiger partial charge in [0, 0.05) is 44.8 Å². The molecule has 0 atom stereocenters. The highest BCUT2D eigenvalue weighted by atomic mass is 15.1. The zero-order chi connectivity index (χ0) is 37.9. The molecule has 0 unspecified atom stereocenters. The Labute approximate surface area is 323 Å². The Bertz CT molecular complexity index is 2740. The van der Waals surface area contributed by atoms with Crippen LogP contribution in [0.15, 0.2) is 170 Å². The third-order valence-electron chi connectivity index (χ3n) is 10.8. The summed E-state index contributed by atoms with van der Waals surface area (Å²) in [5.74, 6) is 0.941. The molecule has 2 aromatic heterocycles. The van der Waals surface area contributed by atoms with Crippen molar-refractivity contribution in [3.63, 3.8) is 0 Å². The first-order chi connectivity index (χ1) is 26.6. The van der Waals surface area contributed by atoms with Gasteiger partial charge in [0.05, 0.1) is 22.1 Å². The number of para-hydroxylation sites is 4. The molecule has 0 aliphatic rings. The summed E-state index contributed by atoms with van der Waals surface area (Å²) >= 11 is 0. The molecule has 9 aromatic rings. The topological polar surface area (TPSA) is 26.0 Å². The van der Waals surface area contributed by atoms with Gasteiger partial charge in [0.25, 0.3) is 0 Å². The average Bonchev–Trinajstić information content (AvgIpc) is 3.75. The van der Waals surface area contributed by atoms with E-state index >= 15 is 0 Å². The second kappa shape index (κ2) is 13.2. The largest absolute Gasteiger partial charge is 0.311 e. The lowest BCUT2D eigenvalue weighted by Gasteiger charge is -2.26. The van der Waals surface area contributed by atoms with Gasteiger partial charge in [-0.1, -0.05) is 126 Å². The molecular weight excluding hydrogens is 669 g/mol. The Hall–Kier alpha value is -6.39. The summed E-state index contributed by atoms with van der Waals surface area (Å²) in [6, 6.07) is 61.1. The maximum atomic E-state index is 5.51. The Balaban J connectivity index is 1.18. The van der Waals surface area contributed by atoms with E-state index in [4.69, 9.17) is 4.98 Å². The van der Waals surface area contributed by atoms with Crippen LogP contribution in [0.25, 0.3) is 55.6 Å². The molecule has 0 saturated carbocycles. The fourth-order valence-electron chi connectivity index (χ4n) is 8.15. The van der Waals surface area contributed by atoms with Gasteiger partial charge in [-0.15, -0.1) is 0 Å². The highest BCUT2D eigenvalue weighted by molar-refractivity contribution is 6.09. The molecule has 7 aromatic carbocycles. The molecule has 4 nitrogen and oxygen atoms in total. The molecule has 0 amide bonds. The highest BCUT2D eigenvalue weighted by Gasteiger charge is 2.28. The van der Waals surface area contributed by atoms with Crippen molar-refractivity contribution in [2.45, 2.75) is 52.4 Å². The molecule has 2 heterocycles. The number of fused-ring (bicyclic) bond motifs is 4. The minimum absolute atomic E-state index is 0.0705. The van der Waals surface area contributed by atoms with E-state index in [1.165, 1.54) is 38.4 Å². The number of hydrogen-bond donors (Lipinski definition) is 0. The number of benzene rings is 7. The first-order valence-corrected chi connectivity index (χ1v) is 19.2. The first-order valence-electron chi connectivity index (χ1n) is 19.2. The lowest BCUT2D eigenvalue weighted by Crippen LogP contribution is -2.17. The van der Waals surface area contributed by atoms with Gasteiger partial charge in [-0.3, -0.25) is 4.57 Å². The van der Waals surface area contributed by atoms with Crippen molar-refractivity contribution in [1.82, 2.24) is 14.1 Å². The summed E-state index contributed by atoms with van der Waals surface area (Å²) in [5, 5.41) is 2.52. The number of imidazole rings is 1. The monoisotopic (exact) mass is 714 g/mol. The van der Waals surface area contributed by atoms with Crippen molar-refractivity contribution in [2.24, 2.45) is 0 Å². The van der Waals surface area contributed by atoms with Crippen LogP contribution >= 0.6 is 0 Å². The van der Waals surface area contributed by atoms with Gasteiger partial charge in [0.2, 0.25) is 0 Å². The van der Waals surface area contributed by atoms with Gasteiger partial charge in [-0.2, -0.15) is 0 Å². The lowest BCUT2D eigenvalue weighted by atomic mass is 9.81. The molecule has 270 valence electrons. The molecule has 0 radical (unpaired) electrons. The van der Waals surface area contributed by atoms with Crippen LogP contribution in [-0.4, -0.2) is 14.1 Å².